The third-order valence-corrected chi connectivity index (χ3v) is 1.46. The second-order valence-electron chi connectivity index (χ2n) is 2.35. The number of hydrogen-bond donors (Lipinski definition) is 2. The molecule has 0 unspecified atom stereocenters. The molecule has 0 aliphatic carbocycles. The number of nitrogens with zero attached hydrogens (tertiary/aromatic N) is 3. The van der Waals surface area contributed by atoms with Gasteiger partial charge in [-0.25, -0.2) is 14.8 Å². The first kappa shape index (κ1) is 9.40. The fraction of sp³-hybridized carbons (Fsp3) is 0.286. The summed E-state index contributed by atoms with van der Waals surface area (Å²) in [6, 6.07) is 1.03. The van der Waals surface area contributed by atoms with Gasteiger partial charge >= 0.3 is 6.03 Å². The molecule has 4 N–H and O–H groups in total. The Morgan fingerprint density at radius 2 is 2.38 bits per heavy atom. The van der Waals surface area contributed by atoms with E-state index in [-0.39, 0.29) is 0 Å². The van der Waals surface area contributed by atoms with E-state index < -0.39 is 6.03 Å². The molecule has 0 aliphatic rings. The monoisotopic (exact) mass is 181 g/mol. The van der Waals surface area contributed by atoms with Gasteiger partial charge < -0.3 is 11.5 Å². The molecule has 6 nitrogen and oxygen atoms in total. The highest BCUT2D eigenvalue weighted by Crippen LogP contribution is 2.06. The number of rotatable bonds is 3. The van der Waals surface area contributed by atoms with E-state index in [4.69, 9.17) is 11.5 Å². The van der Waals surface area contributed by atoms with Crippen LogP contribution in [0.5, 0.6) is 0 Å². The van der Waals surface area contributed by atoms with Gasteiger partial charge in [0.2, 0.25) is 0 Å². The molecular formula is C7H11N5O. The van der Waals surface area contributed by atoms with Crippen molar-refractivity contribution >= 4 is 11.8 Å². The van der Waals surface area contributed by atoms with E-state index >= 15 is 0 Å². The Morgan fingerprint density at radius 1 is 1.62 bits per heavy atom. The minimum Gasteiger partial charge on any atom is -0.351 e. The van der Waals surface area contributed by atoms with Gasteiger partial charge in [0.25, 0.3) is 0 Å². The number of amides is 2. The minimum absolute atomic E-state index is 0.340. The van der Waals surface area contributed by atoms with Crippen LogP contribution in [0.1, 0.15) is 0 Å². The number of hydrogen-bond acceptors (Lipinski definition) is 4. The molecule has 70 valence electrons. The van der Waals surface area contributed by atoms with Crippen molar-refractivity contribution in [1.29, 1.82) is 0 Å². The van der Waals surface area contributed by atoms with E-state index in [1.165, 1.54) is 17.4 Å². The highest BCUT2D eigenvalue weighted by molar-refractivity contribution is 5.89. The van der Waals surface area contributed by atoms with Crippen molar-refractivity contribution in [3.63, 3.8) is 0 Å². The fourth-order valence-corrected chi connectivity index (χ4v) is 0.910. The van der Waals surface area contributed by atoms with E-state index in [2.05, 4.69) is 9.97 Å². The van der Waals surface area contributed by atoms with E-state index in [9.17, 15) is 4.79 Å². The molecule has 0 radical (unpaired) electrons. The molecule has 1 aromatic rings. The molecule has 1 heterocycles. The number of primary amides is 1. The van der Waals surface area contributed by atoms with Crippen molar-refractivity contribution < 1.29 is 4.79 Å². The summed E-state index contributed by atoms with van der Waals surface area (Å²) in [6.45, 7) is 0.694. The lowest BCUT2D eigenvalue weighted by Gasteiger charge is -2.17. The molecule has 0 bridgehead atoms. The average molecular weight is 181 g/mol. The first-order chi connectivity index (χ1) is 6.25. The lowest BCUT2D eigenvalue weighted by Crippen LogP contribution is -2.39. The first-order valence-electron chi connectivity index (χ1n) is 3.78. The molecule has 0 aliphatic heterocycles. The second-order valence-corrected chi connectivity index (χ2v) is 2.35. The Kier molecular flexibility index (Phi) is 3.15. The predicted octanol–water partition coefficient (Wildman–Crippen LogP) is -0.680. The molecule has 0 saturated carbocycles. The molecule has 0 atom stereocenters. The van der Waals surface area contributed by atoms with Crippen molar-refractivity contribution in [2.24, 2.45) is 11.5 Å². The van der Waals surface area contributed by atoms with Crippen LogP contribution in [0.2, 0.25) is 0 Å². The highest BCUT2D eigenvalue weighted by Gasteiger charge is 2.11. The lowest BCUT2D eigenvalue weighted by atomic mass is 10.4. The zero-order valence-corrected chi connectivity index (χ0v) is 7.05. The van der Waals surface area contributed by atoms with Gasteiger partial charge in [0.05, 0.1) is 0 Å². The van der Waals surface area contributed by atoms with Crippen molar-refractivity contribution in [3.8, 4) is 0 Å². The second kappa shape index (κ2) is 4.36. The molecule has 0 aromatic carbocycles. The molecule has 2 amide bonds. The van der Waals surface area contributed by atoms with E-state index in [0.29, 0.717) is 18.9 Å². The van der Waals surface area contributed by atoms with Gasteiger partial charge in [-0.15, -0.1) is 0 Å². The Hall–Kier alpha value is -1.69. The molecule has 1 rings (SSSR count). The van der Waals surface area contributed by atoms with Gasteiger partial charge in [-0.05, 0) is 6.07 Å². The van der Waals surface area contributed by atoms with Crippen LogP contribution >= 0.6 is 0 Å². The van der Waals surface area contributed by atoms with Crippen LogP contribution in [0, 0.1) is 0 Å². The minimum atomic E-state index is -0.566. The fourth-order valence-electron chi connectivity index (χ4n) is 0.910. The predicted molar refractivity (Wildman–Crippen MR) is 48.0 cm³/mol. The summed E-state index contributed by atoms with van der Waals surface area (Å²) < 4.78 is 0. The van der Waals surface area contributed by atoms with Crippen LogP contribution in [0.15, 0.2) is 18.6 Å². The number of anilines is 1. The summed E-state index contributed by atoms with van der Waals surface area (Å²) >= 11 is 0. The van der Waals surface area contributed by atoms with E-state index in [0.717, 1.165) is 0 Å². The largest absolute Gasteiger partial charge is 0.351 e. The quantitative estimate of drug-likeness (QED) is 0.645. The zero-order chi connectivity index (χ0) is 9.68. The van der Waals surface area contributed by atoms with Crippen LogP contribution in [0.3, 0.4) is 0 Å². The average Bonchev–Trinajstić information content (AvgIpc) is 2.15. The molecule has 13 heavy (non-hydrogen) atoms. The zero-order valence-electron chi connectivity index (χ0n) is 7.05. The van der Waals surface area contributed by atoms with Crippen LogP contribution in [-0.4, -0.2) is 29.1 Å². The standard InChI is InChI=1S/C7H11N5O/c8-2-4-12(7(9)13)6-1-3-10-5-11-6/h1,3,5H,2,4,8H2,(H2,9,13). The number of carbonyl (C=O) groups excluding carboxylic acids is 1. The maximum absolute atomic E-state index is 10.9. The smallest absolute Gasteiger partial charge is 0.320 e. The van der Waals surface area contributed by atoms with Gasteiger partial charge in [-0.1, -0.05) is 0 Å². The van der Waals surface area contributed by atoms with Gasteiger partial charge in [0.15, 0.2) is 0 Å². The molecule has 0 saturated heterocycles. The Balaban J connectivity index is 2.82. The normalized spacial score (nSPS) is 9.62. The third-order valence-electron chi connectivity index (χ3n) is 1.46. The number of nitrogens with two attached hydrogens (primary N) is 2. The summed E-state index contributed by atoms with van der Waals surface area (Å²) in [6.07, 6.45) is 2.89. The summed E-state index contributed by atoms with van der Waals surface area (Å²) in [5.41, 5.74) is 10.4. The Morgan fingerprint density at radius 3 is 2.85 bits per heavy atom. The van der Waals surface area contributed by atoms with Crippen molar-refractivity contribution in [2.75, 3.05) is 18.0 Å². The van der Waals surface area contributed by atoms with Crippen molar-refractivity contribution in [1.82, 2.24) is 9.97 Å². The summed E-state index contributed by atoms with van der Waals surface area (Å²) in [4.78, 5) is 19.8. The number of carbonyl (C=O) groups is 1. The summed E-state index contributed by atoms with van der Waals surface area (Å²) in [7, 11) is 0. The van der Waals surface area contributed by atoms with Gasteiger partial charge in [0, 0.05) is 19.3 Å². The summed E-state index contributed by atoms with van der Waals surface area (Å²) in [5, 5.41) is 0. The maximum atomic E-state index is 10.9. The highest BCUT2D eigenvalue weighted by atomic mass is 16.2. The van der Waals surface area contributed by atoms with Crippen LogP contribution in [-0.2, 0) is 0 Å². The van der Waals surface area contributed by atoms with Crippen molar-refractivity contribution in [3.05, 3.63) is 18.6 Å². The van der Waals surface area contributed by atoms with Crippen molar-refractivity contribution in [2.45, 2.75) is 0 Å². The van der Waals surface area contributed by atoms with E-state index in [1.807, 2.05) is 0 Å². The first-order valence-corrected chi connectivity index (χ1v) is 3.78. The molecular weight excluding hydrogens is 170 g/mol. The van der Waals surface area contributed by atoms with Crippen LogP contribution in [0.25, 0.3) is 0 Å². The summed E-state index contributed by atoms with van der Waals surface area (Å²) in [5.74, 6) is 0.466. The third kappa shape index (κ3) is 2.38. The van der Waals surface area contributed by atoms with Gasteiger partial charge in [0.1, 0.15) is 12.1 Å². The molecule has 0 spiro atoms. The van der Waals surface area contributed by atoms with Gasteiger partial charge in [-0.3, -0.25) is 4.90 Å². The van der Waals surface area contributed by atoms with Crippen LogP contribution in [0.4, 0.5) is 10.6 Å². The SMILES string of the molecule is NCCN(C(N)=O)c1ccncn1. The number of urea groups is 1. The molecule has 0 fully saturated rings. The Bertz CT molecular complexity index is 275. The lowest BCUT2D eigenvalue weighted by molar-refractivity contribution is 0.254. The molecule has 6 heteroatoms. The maximum Gasteiger partial charge on any atom is 0.320 e. The number of aromatic nitrogens is 2. The van der Waals surface area contributed by atoms with Gasteiger partial charge in [-0.2, -0.15) is 0 Å². The molecule has 1 aromatic heterocycles. The van der Waals surface area contributed by atoms with E-state index in [1.54, 1.807) is 6.07 Å². The Labute approximate surface area is 75.6 Å². The van der Waals surface area contributed by atoms with Crippen LogP contribution < -0.4 is 16.4 Å². The topological polar surface area (TPSA) is 98.1 Å².